The summed E-state index contributed by atoms with van der Waals surface area (Å²) in [6, 6.07) is 17.9. The van der Waals surface area contributed by atoms with Gasteiger partial charge in [0.15, 0.2) is 5.82 Å². The van der Waals surface area contributed by atoms with Crippen LogP contribution >= 0.6 is 0 Å². The molecule has 0 radical (unpaired) electrons. The lowest BCUT2D eigenvalue weighted by atomic mass is 10.2. The highest BCUT2D eigenvalue weighted by Gasteiger charge is 2.28. The van der Waals surface area contributed by atoms with Crippen LogP contribution in [0.15, 0.2) is 54.6 Å². The number of anilines is 1. The Bertz CT molecular complexity index is 891. The smallest absolute Gasteiger partial charge is 0.223 e. The van der Waals surface area contributed by atoms with Gasteiger partial charge in [0.1, 0.15) is 5.82 Å². The minimum atomic E-state index is 0.166. The molecule has 0 atom stereocenters. The number of rotatable bonds is 6. The number of hydrogen-bond donors (Lipinski definition) is 2. The van der Waals surface area contributed by atoms with Crippen LogP contribution in [-0.2, 0) is 4.79 Å². The van der Waals surface area contributed by atoms with Gasteiger partial charge in [-0.05, 0) is 25.0 Å². The molecule has 1 aliphatic rings. The van der Waals surface area contributed by atoms with Crippen molar-refractivity contribution in [2.45, 2.75) is 12.8 Å². The summed E-state index contributed by atoms with van der Waals surface area (Å²) < 4.78 is 0. The second-order valence-corrected chi connectivity index (χ2v) is 6.27. The average molecular weight is 332 g/mol. The number of carbonyl (C=O) groups excluding carboxylic acids is 1. The monoisotopic (exact) mass is 332 g/mol. The molecule has 1 aromatic heterocycles. The summed E-state index contributed by atoms with van der Waals surface area (Å²) in [5.74, 6) is 1.90. The van der Waals surface area contributed by atoms with Crippen molar-refractivity contribution < 1.29 is 4.79 Å². The number of carbonyl (C=O) groups is 1. The Balaban J connectivity index is 1.54. The van der Waals surface area contributed by atoms with Gasteiger partial charge in [-0.15, -0.1) is 0 Å². The zero-order valence-corrected chi connectivity index (χ0v) is 13.9. The molecule has 0 bridgehead atoms. The molecule has 5 nitrogen and oxygen atoms in total. The molecule has 0 saturated heterocycles. The van der Waals surface area contributed by atoms with Crippen molar-refractivity contribution in [3.05, 3.63) is 54.6 Å². The normalized spacial score (nSPS) is 13.6. The highest BCUT2D eigenvalue weighted by molar-refractivity contribution is 5.90. The fourth-order valence-corrected chi connectivity index (χ4v) is 2.78. The summed E-state index contributed by atoms with van der Waals surface area (Å²) in [6.07, 6.45) is 2.05. The predicted molar refractivity (Wildman–Crippen MR) is 99.2 cm³/mol. The molecule has 0 aliphatic heterocycles. The quantitative estimate of drug-likeness (QED) is 0.680. The van der Waals surface area contributed by atoms with E-state index in [0.717, 1.165) is 35.1 Å². The first kappa shape index (κ1) is 15.6. The summed E-state index contributed by atoms with van der Waals surface area (Å²) in [4.78, 5) is 21.1. The molecule has 126 valence electrons. The van der Waals surface area contributed by atoms with Gasteiger partial charge in [-0.25, -0.2) is 9.97 Å². The Morgan fingerprint density at radius 2 is 1.72 bits per heavy atom. The Labute approximate surface area is 146 Å². The minimum absolute atomic E-state index is 0.166. The summed E-state index contributed by atoms with van der Waals surface area (Å²) >= 11 is 0. The maximum Gasteiger partial charge on any atom is 0.223 e. The van der Waals surface area contributed by atoms with Gasteiger partial charge in [-0.3, -0.25) is 4.79 Å². The van der Waals surface area contributed by atoms with Crippen molar-refractivity contribution in [1.82, 2.24) is 15.3 Å². The predicted octanol–water partition coefficient (Wildman–Crippen LogP) is 3.23. The van der Waals surface area contributed by atoms with E-state index in [1.807, 2.05) is 54.6 Å². The van der Waals surface area contributed by atoms with Crippen LogP contribution < -0.4 is 10.6 Å². The number of benzene rings is 2. The third kappa shape index (κ3) is 3.60. The van der Waals surface area contributed by atoms with Crippen LogP contribution in [0.5, 0.6) is 0 Å². The zero-order chi connectivity index (χ0) is 17.1. The number of nitrogens with zero attached hydrogens (tertiary/aromatic N) is 2. The number of nitrogens with one attached hydrogen (secondary N) is 2. The molecule has 1 heterocycles. The van der Waals surface area contributed by atoms with E-state index in [4.69, 9.17) is 4.98 Å². The molecule has 1 amide bonds. The van der Waals surface area contributed by atoms with E-state index in [9.17, 15) is 4.79 Å². The van der Waals surface area contributed by atoms with Crippen molar-refractivity contribution >= 4 is 22.6 Å². The minimum Gasteiger partial charge on any atom is -0.368 e. The number of hydrogen-bond acceptors (Lipinski definition) is 4. The lowest BCUT2D eigenvalue weighted by Gasteiger charge is -2.11. The Kier molecular flexibility index (Phi) is 4.29. The van der Waals surface area contributed by atoms with E-state index >= 15 is 0 Å². The molecule has 25 heavy (non-hydrogen) atoms. The molecule has 3 aromatic rings. The first-order chi connectivity index (χ1) is 12.3. The van der Waals surface area contributed by atoms with E-state index in [1.54, 1.807) is 0 Å². The summed E-state index contributed by atoms with van der Waals surface area (Å²) in [5.41, 5.74) is 1.89. The lowest BCUT2D eigenvalue weighted by molar-refractivity contribution is -0.122. The van der Waals surface area contributed by atoms with Crippen LogP contribution in [0.4, 0.5) is 5.82 Å². The van der Waals surface area contributed by atoms with Crippen molar-refractivity contribution in [2.75, 3.05) is 18.4 Å². The number of fused-ring (bicyclic) bond motifs is 1. The summed E-state index contributed by atoms with van der Waals surface area (Å²) in [6.45, 7) is 1.22. The SMILES string of the molecule is O=C(NCCNc1nc(-c2ccccc2)nc2ccccc12)C1CC1. The molecule has 1 aliphatic carbocycles. The first-order valence-electron chi connectivity index (χ1n) is 8.65. The molecule has 1 saturated carbocycles. The highest BCUT2D eigenvalue weighted by atomic mass is 16.2. The third-order valence-corrected chi connectivity index (χ3v) is 4.30. The van der Waals surface area contributed by atoms with E-state index in [1.165, 1.54) is 0 Å². The number of para-hydroxylation sites is 1. The topological polar surface area (TPSA) is 66.9 Å². The Morgan fingerprint density at radius 3 is 2.52 bits per heavy atom. The highest BCUT2D eigenvalue weighted by Crippen LogP contribution is 2.28. The molecule has 2 aromatic carbocycles. The van der Waals surface area contributed by atoms with Gasteiger partial charge < -0.3 is 10.6 Å². The summed E-state index contributed by atoms with van der Waals surface area (Å²) in [5, 5.41) is 7.29. The van der Waals surface area contributed by atoms with Gasteiger partial charge in [0.05, 0.1) is 5.52 Å². The van der Waals surface area contributed by atoms with Crippen molar-refractivity contribution in [3.8, 4) is 11.4 Å². The molecule has 4 rings (SSSR count). The first-order valence-corrected chi connectivity index (χ1v) is 8.65. The standard InChI is InChI=1S/C20H20N4O/c25-20(15-10-11-15)22-13-12-21-19-16-8-4-5-9-17(16)23-18(24-19)14-6-2-1-3-7-14/h1-9,15H,10-13H2,(H,22,25)(H,21,23,24). The van der Waals surface area contributed by atoms with E-state index < -0.39 is 0 Å². The fourth-order valence-electron chi connectivity index (χ4n) is 2.78. The van der Waals surface area contributed by atoms with E-state index in [2.05, 4.69) is 15.6 Å². The molecular formula is C20H20N4O. The van der Waals surface area contributed by atoms with Gasteiger partial charge in [-0.1, -0.05) is 42.5 Å². The average Bonchev–Trinajstić information content (AvgIpc) is 3.51. The van der Waals surface area contributed by atoms with Crippen LogP contribution in [0.1, 0.15) is 12.8 Å². The largest absolute Gasteiger partial charge is 0.368 e. The molecule has 5 heteroatoms. The van der Waals surface area contributed by atoms with Crippen LogP contribution in [0.2, 0.25) is 0 Å². The maximum atomic E-state index is 11.7. The number of aromatic nitrogens is 2. The fraction of sp³-hybridized carbons (Fsp3) is 0.250. The molecule has 0 spiro atoms. The molecule has 2 N–H and O–H groups in total. The van der Waals surface area contributed by atoms with Crippen LogP contribution in [0.3, 0.4) is 0 Å². The maximum absolute atomic E-state index is 11.7. The number of amides is 1. The van der Waals surface area contributed by atoms with Crippen LogP contribution in [-0.4, -0.2) is 29.0 Å². The second-order valence-electron chi connectivity index (χ2n) is 6.27. The van der Waals surface area contributed by atoms with Crippen LogP contribution in [0.25, 0.3) is 22.3 Å². The zero-order valence-electron chi connectivity index (χ0n) is 13.9. The van der Waals surface area contributed by atoms with Gasteiger partial charge in [-0.2, -0.15) is 0 Å². The molecule has 0 unspecified atom stereocenters. The van der Waals surface area contributed by atoms with Gasteiger partial charge in [0, 0.05) is 30.0 Å². The van der Waals surface area contributed by atoms with Crippen molar-refractivity contribution in [3.63, 3.8) is 0 Å². The van der Waals surface area contributed by atoms with Gasteiger partial charge in [0.25, 0.3) is 0 Å². The second kappa shape index (κ2) is 6.89. The molecule has 1 fully saturated rings. The van der Waals surface area contributed by atoms with Crippen LogP contribution in [0, 0.1) is 5.92 Å². The van der Waals surface area contributed by atoms with Gasteiger partial charge >= 0.3 is 0 Å². The lowest BCUT2D eigenvalue weighted by Crippen LogP contribution is -2.30. The Hall–Kier alpha value is -2.95. The van der Waals surface area contributed by atoms with Crippen molar-refractivity contribution in [1.29, 1.82) is 0 Å². The Morgan fingerprint density at radius 1 is 0.960 bits per heavy atom. The van der Waals surface area contributed by atoms with E-state index in [-0.39, 0.29) is 11.8 Å². The third-order valence-electron chi connectivity index (χ3n) is 4.30. The molecular weight excluding hydrogens is 312 g/mol. The van der Waals surface area contributed by atoms with E-state index in [0.29, 0.717) is 18.9 Å². The summed E-state index contributed by atoms with van der Waals surface area (Å²) in [7, 11) is 0. The van der Waals surface area contributed by atoms with Gasteiger partial charge in [0.2, 0.25) is 5.91 Å². The van der Waals surface area contributed by atoms with Crippen molar-refractivity contribution in [2.24, 2.45) is 5.92 Å².